The van der Waals surface area contributed by atoms with Crippen LogP contribution in [0.2, 0.25) is 15.1 Å². The first-order chi connectivity index (χ1) is 13.2. The van der Waals surface area contributed by atoms with E-state index in [9.17, 15) is 9.59 Å². The van der Waals surface area contributed by atoms with Gasteiger partial charge in [0.05, 0.1) is 16.8 Å². The maximum absolute atomic E-state index is 13.1. The molecule has 2 aromatic carbocycles. The highest BCUT2D eigenvalue weighted by molar-refractivity contribution is 6.39. The van der Waals surface area contributed by atoms with Gasteiger partial charge in [0, 0.05) is 22.7 Å². The molecule has 3 rings (SSSR count). The molecule has 0 aliphatic rings. The molecule has 8 heteroatoms. The molecule has 0 aliphatic carbocycles. The van der Waals surface area contributed by atoms with Gasteiger partial charge in [0.25, 0.3) is 0 Å². The first-order valence-corrected chi connectivity index (χ1v) is 9.33. The van der Waals surface area contributed by atoms with E-state index < -0.39 is 11.8 Å². The second-order valence-corrected chi connectivity index (χ2v) is 7.40. The second kappa shape index (κ2) is 7.95. The van der Waals surface area contributed by atoms with Crippen molar-refractivity contribution in [2.45, 2.75) is 13.8 Å². The topological polar surface area (TPSA) is 61.2 Å². The highest BCUT2D eigenvalue weighted by Crippen LogP contribution is 2.33. The van der Waals surface area contributed by atoms with Gasteiger partial charge in [-0.05, 0) is 55.3 Å². The Morgan fingerprint density at radius 1 is 1.00 bits per heavy atom. The number of hydrogen-bond acceptors (Lipinski definition) is 4. The van der Waals surface area contributed by atoms with Gasteiger partial charge in [-0.3, -0.25) is 4.79 Å². The van der Waals surface area contributed by atoms with E-state index in [0.29, 0.717) is 21.2 Å². The van der Waals surface area contributed by atoms with Crippen LogP contribution >= 0.6 is 34.8 Å². The van der Waals surface area contributed by atoms with E-state index in [1.807, 2.05) is 0 Å². The second-order valence-electron chi connectivity index (χ2n) is 6.21. The van der Waals surface area contributed by atoms with Crippen LogP contribution in [0.1, 0.15) is 37.4 Å². The van der Waals surface area contributed by atoms with Gasteiger partial charge in [0.2, 0.25) is 11.7 Å². The molecule has 1 aromatic heterocycles. The molecule has 5 nitrogen and oxygen atoms in total. The number of carbonyl (C=O) groups is 2. The van der Waals surface area contributed by atoms with E-state index in [4.69, 9.17) is 39.5 Å². The third kappa shape index (κ3) is 3.78. The van der Waals surface area contributed by atoms with Gasteiger partial charge in [-0.1, -0.05) is 34.8 Å². The average Bonchev–Trinajstić information content (AvgIpc) is 3.03. The Balaban J connectivity index is 1.98. The molecule has 0 saturated carbocycles. The van der Waals surface area contributed by atoms with E-state index in [2.05, 4.69) is 5.10 Å². The van der Waals surface area contributed by atoms with Crippen molar-refractivity contribution >= 4 is 46.6 Å². The van der Waals surface area contributed by atoms with Gasteiger partial charge >= 0.3 is 5.97 Å². The van der Waals surface area contributed by atoms with E-state index in [1.165, 1.54) is 23.0 Å². The average molecular weight is 438 g/mol. The number of rotatable bonds is 4. The first kappa shape index (κ1) is 20.4. The number of esters is 1. The Bertz CT molecular complexity index is 1090. The molecule has 0 N–H and O–H groups in total. The van der Waals surface area contributed by atoms with Gasteiger partial charge < -0.3 is 4.74 Å². The van der Waals surface area contributed by atoms with Gasteiger partial charge in [0.1, 0.15) is 5.56 Å². The minimum absolute atomic E-state index is 0.0197. The maximum atomic E-state index is 13.1. The lowest BCUT2D eigenvalue weighted by molar-refractivity contribution is 0.0718. The summed E-state index contributed by atoms with van der Waals surface area (Å²) in [7, 11) is 1.57. The number of ether oxygens (including phenoxy) is 1. The monoisotopic (exact) mass is 436 g/mol. The van der Waals surface area contributed by atoms with E-state index in [1.54, 1.807) is 39.1 Å². The predicted octanol–water partition coefficient (Wildman–Crippen LogP) is 5.45. The fourth-order valence-electron chi connectivity index (χ4n) is 2.68. The smallest absolute Gasteiger partial charge is 0.344 e. The zero-order chi connectivity index (χ0) is 20.6. The zero-order valence-corrected chi connectivity index (χ0v) is 17.5. The normalized spacial score (nSPS) is 10.8. The molecule has 0 aliphatic heterocycles. The van der Waals surface area contributed by atoms with Crippen molar-refractivity contribution in [1.29, 1.82) is 0 Å². The zero-order valence-electron chi connectivity index (χ0n) is 15.2. The van der Waals surface area contributed by atoms with E-state index in [-0.39, 0.29) is 22.0 Å². The molecule has 0 saturated heterocycles. The Morgan fingerprint density at radius 3 is 2.29 bits per heavy atom. The lowest BCUT2D eigenvalue weighted by atomic mass is 10.0. The lowest BCUT2D eigenvalue weighted by Gasteiger charge is -2.11. The van der Waals surface area contributed by atoms with Crippen LogP contribution < -0.4 is 4.74 Å². The van der Waals surface area contributed by atoms with Crippen molar-refractivity contribution < 1.29 is 14.3 Å². The third-order valence-electron chi connectivity index (χ3n) is 4.24. The van der Waals surface area contributed by atoms with Crippen LogP contribution in [0.15, 0.2) is 36.5 Å². The summed E-state index contributed by atoms with van der Waals surface area (Å²) < 4.78 is 6.75. The quantitative estimate of drug-likeness (QED) is 0.402. The molecule has 0 fully saturated rings. The summed E-state index contributed by atoms with van der Waals surface area (Å²) in [6.45, 7) is 3.52. The molecular formula is C20H15Cl3N2O3. The SMILES string of the molecule is Cc1cc(C(=O)c2cnn(C)c2OC(=O)c2ccc(Cl)cc2)c(Cl)c(C)c1Cl. The number of benzene rings is 2. The Labute approximate surface area is 176 Å². The highest BCUT2D eigenvalue weighted by Gasteiger charge is 2.25. The van der Waals surface area contributed by atoms with E-state index >= 15 is 0 Å². The van der Waals surface area contributed by atoms with E-state index in [0.717, 1.165) is 5.56 Å². The molecule has 28 heavy (non-hydrogen) atoms. The van der Waals surface area contributed by atoms with Crippen molar-refractivity contribution in [1.82, 2.24) is 9.78 Å². The summed E-state index contributed by atoms with van der Waals surface area (Å²) in [6.07, 6.45) is 1.34. The number of ketones is 1. The number of aromatic nitrogens is 2. The molecule has 0 radical (unpaired) electrons. The largest absolute Gasteiger partial charge is 0.403 e. The molecule has 0 unspecified atom stereocenters. The standard InChI is InChI=1S/C20H15Cl3N2O3/c1-10-8-14(17(23)11(2)16(10)22)18(26)15-9-24-25(3)19(15)28-20(27)12-4-6-13(21)7-5-12/h4-9H,1-3H3. The van der Waals surface area contributed by atoms with Crippen LogP contribution in [0.3, 0.4) is 0 Å². The molecule has 0 atom stereocenters. The molecule has 144 valence electrons. The number of carbonyl (C=O) groups excluding carboxylic acids is 2. The predicted molar refractivity (Wildman–Crippen MR) is 109 cm³/mol. The van der Waals surface area contributed by atoms with Crippen LogP contribution in [-0.2, 0) is 7.05 Å². The minimum atomic E-state index is -0.635. The van der Waals surface area contributed by atoms with Gasteiger partial charge in [-0.2, -0.15) is 5.10 Å². The lowest BCUT2D eigenvalue weighted by Crippen LogP contribution is -2.14. The molecular weight excluding hydrogens is 423 g/mol. The first-order valence-electron chi connectivity index (χ1n) is 8.20. The Morgan fingerprint density at radius 2 is 1.64 bits per heavy atom. The fraction of sp³-hybridized carbons (Fsp3) is 0.150. The maximum Gasteiger partial charge on any atom is 0.344 e. The van der Waals surface area contributed by atoms with Gasteiger partial charge in [-0.15, -0.1) is 0 Å². The number of halogens is 3. The van der Waals surface area contributed by atoms with Crippen LogP contribution in [0, 0.1) is 13.8 Å². The van der Waals surface area contributed by atoms with Crippen molar-refractivity contribution in [3.63, 3.8) is 0 Å². The van der Waals surface area contributed by atoms with Crippen LogP contribution in [0.4, 0.5) is 0 Å². The summed E-state index contributed by atoms with van der Waals surface area (Å²) in [6, 6.07) is 7.83. The van der Waals surface area contributed by atoms with Gasteiger partial charge in [-0.25, -0.2) is 9.48 Å². The summed E-state index contributed by atoms with van der Waals surface area (Å²) in [4.78, 5) is 25.5. The van der Waals surface area contributed by atoms with Gasteiger partial charge in [0.15, 0.2) is 0 Å². The third-order valence-corrected chi connectivity index (χ3v) is 5.57. The fourth-order valence-corrected chi connectivity index (χ4v) is 3.24. The molecule has 0 amide bonds. The number of nitrogens with zero attached hydrogens (tertiary/aromatic N) is 2. The Kier molecular flexibility index (Phi) is 5.79. The summed E-state index contributed by atoms with van der Waals surface area (Å²) in [5.74, 6) is -1.03. The molecule has 0 spiro atoms. The summed E-state index contributed by atoms with van der Waals surface area (Å²) >= 11 is 18.4. The Hall–Kier alpha value is -2.34. The minimum Gasteiger partial charge on any atom is -0.403 e. The number of aryl methyl sites for hydroxylation is 2. The molecule has 1 heterocycles. The highest BCUT2D eigenvalue weighted by atomic mass is 35.5. The van der Waals surface area contributed by atoms with Crippen LogP contribution in [0.5, 0.6) is 5.88 Å². The van der Waals surface area contributed by atoms with Crippen molar-refractivity contribution in [3.05, 3.63) is 79.4 Å². The molecule has 0 bridgehead atoms. The molecule has 3 aromatic rings. The van der Waals surface area contributed by atoms with Crippen molar-refractivity contribution in [3.8, 4) is 5.88 Å². The van der Waals surface area contributed by atoms with Crippen molar-refractivity contribution in [2.24, 2.45) is 7.05 Å². The van der Waals surface area contributed by atoms with Crippen LogP contribution in [0.25, 0.3) is 0 Å². The summed E-state index contributed by atoms with van der Waals surface area (Å²) in [5.41, 5.74) is 2.00. The van der Waals surface area contributed by atoms with Crippen LogP contribution in [-0.4, -0.2) is 21.5 Å². The van der Waals surface area contributed by atoms with Crippen molar-refractivity contribution in [2.75, 3.05) is 0 Å². The summed E-state index contributed by atoms with van der Waals surface area (Å²) in [5, 5.41) is 5.29. The number of hydrogen-bond donors (Lipinski definition) is 0.